The van der Waals surface area contributed by atoms with Gasteiger partial charge >= 0.3 is 0 Å². The van der Waals surface area contributed by atoms with Crippen molar-refractivity contribution < 1.29 is 4.79 Å². The Kier molecular flexibility index (Phi) is 2.77. The normalized spacial score (nSPS) is 15.7. The Hall–Kier alpha value is -1.30. The summed E-state index contributed by atoms with van der Waals surface area (Å²) in [6, 6.07) is 0. The number of nitrogens with zero attached hydrogens (tertiary/aromatic N) is 2. The number of nitrogen functional groups attached to an aromatic ring is 1. The minimum absolute atomic E-state index is 0.150. The van der Waals surface area contributed by atoms with E-state index in [1.165, 1.54) is 24.4 Å². The Morgan fingerprint density at radius 1 is 1.53 bits per heavy atom. The van der Waals surface area contributed by atoms with Crippen molar-refractivity contribution in [1.82, 2.24) is 9.69 Å². The van der Waals surface area contributed by atoms with E-state index in [0.29, 0.717) is 11.4 Å². The number of carbonyl (C=O) groups is 1. The summed E-state index contributed by atoms with van der Waals surface area (Å²) in [5.74, 6) is 0.185. The van der Waals surface area contributed by atoms with Gasteiger partial charge in [-0.05, 0) is 24.4 Å². The first-order valence-corrected chi connectivity index (χ1v) is 5.73. The molecule has 0 saturated carbocycles. The second-order valence-electron chi connectivity index (χ2n) is 3.52. The molecule has 2 heterocycles. The second kappa shape index (κ2) is 4.06. The molecule has 0 aromatic carbocycles. The van der Waals surface area contributed by atoms with Crippen LogP contribution in [0.25, 0.3) is 0 Å². The van der Waals surface area contributed by atoms with Gasteiger partial charge in [-0.3, -0.25) is 4.79 Å². The maximum atomic E-state index is 11.6. The van der Waals surface area contributed by atoms with Crippen LogP contribution in [0, 0.1) is 0 Å². The molecule has 3 N–H and O–H groups in total. The zero-order chi connectivity index (χ0) is 10.8. The Morgan fingerprint density at radius 3 is 2.80 bits per heavy atom. The number of rotatable bonds is 2. The maximum Gasteiger partial charge on any atom is 0.257 e. The molecular formula is C9H14N4OS. The van der Waals surface area contributed by atoms with Crippen LogP contribution >= 0.6 is 11.5 Å². The van der Waals surface area contributed by atoms with Gasteiger partial charge in [-0.25, -0.2) is 0 Å². The number of nitrogens with two attached hydrogens (primary N) is 1. The molecule has 1 saturated heterocycles. The van der Waals surface area contributed by atoms with Crippen LogP contribution in [0.5, 0.6) is 0 Å². The van der Waals surface area contributed by atoms with Gasteiger partial charge in [0, 0.05) is 20.1 Å². The number of nitrogens with one attached hydrogen (secondary N) is 1. The van der Waals surface area contributed by atoms with Gasteiger partial charge < -0.3 is 16.0 Å². The summed E-state index contributed by atoms with van der Waals surface area (Å²) in [6.45, 7) is 1.98. The molecule has 6 heteroatoms. The quantitative estimate of drug-likeness (QED) is 0.778. The summed E-state index contributed by atoms with van der Waals surface area (Å²) < 4.78 is 4.05. The van der Waals surface area contributed by atoms with Crippen molar-refractivity contribution >= 4 is 28.3 Å². The Morgan fingerprint density at radius 2 is 2.20 bits per heavy atom. The number of aromatic nitrogens is 1. The topological polar surface area (TPSA) is 71.2 Å². The lowest BCUT2D eigenvalue weighted by molar-refractivity contribution is 0.0964. The largest absolute Gasteiger partial charge is 0.382 e. The SMILES string of the molecule is CNC(=O)c1c(N)nsc1N1CCCC1. The Bertz CT molecular complexity index is 370. The van der Waals surface area contributed by atoms with Gasteiger partial charge in [-0.1, -0.05) is 0 Å². The Labute approximate surface area is 92.4 Å². The molecule has 1 amide bonds. The molecule has 0 bridgehead atoms. The molecule has 1 aliphatic rings. The van der Waals surface area contributed by atoms with Crippen LogP contribution in [0.15, 0.2) is 0 Å². The van der Waals surface area contributed by atoms with E-state index in [1.807, 2.05) is 0 Å². The van der Waals surface area contributed by atoms with Crippen LogP contribution < -0.4 is 16.0 Å². The second-order valence-corrected chi connectivity index (χ2v) is 4.27. The van der Waals surface area contributed by atoms with Crippen LogP contribution in [0.4, 0.5) is 10.8 Å². The molecule has 1 aromatic heterocycles. The fourth-order valence-electron chi connectivity index (χ4n) is 1.77. The maximum absolute atomic E-state index is 11.6. The molecule has 0 unspecified atom stereocenters. The standard InChI is InChI=1S/C9H14N4OS/c1-11-8(14)6-7(10)12-15-9(6)13-4-2-3-5-13/h2-5H2,1H3,(H2,10,12)(H,11,14). The molecule has 1 fully saturated rings. The van der Waals surface area contributed by atoms with Crippen molar-refractivity contribution in [1.29, 1.82) is 0 Å². The lowest BCUT2D eigenvalue weighted by Crippen LogP contribution is -2.24. The van der Waals surface area contributed by atoms with E-state index in [4.69, 9.17) is 5.73 Å². The van der Waals surface area contributed by atoms with Crippen molar-refractivity contribution in [3.8, 4) is 0 Å². The number of amides is 1. The van der Waals surface area contributed by atoms with Crippen LogP contribution in [0.3, 0.4) is 0 Å². The summed E-state index contributed by atoms with van der Waals surface area (Å²) in [4.78, 5) is 13.8. The molecule has 15 heavy (non-hydrogen) atoms. The molecule has 0 atom stereocenters. The number of hydrogen-bond acceptors (Lipinski definition) is 5. The summed E-state index contributed by atoms with van der Waals surface area (Å²) in [5, 5.41) is 3.50. The third-order valence-electron chi connectivity index (χ3n) is 2.55. The van der Waals surface area contributed by atoms with Crippen molar-refractivity contribution in [3.63, 3.8) is 0 Å². The molecule has 2 rings (SSSR count). The molecule has 0 aliphatic carbocycles. The summed E-state index contributed by atoms with van der Waals surface area (Å²) >= 11 is 1.31. The monoisotopic (exact) mass is 226 g/mol. The lowest BCUT2D eigenvalue weighted by Gasteiger charge is -2.15. The van der Waals surface area contributed by atoms with E-state index in [0.717, 1.165) is 18.1 Å². The highest BCUT2D eigenvalue weighted by atomic mass is 32.1. The number of anilines is 2. The third kappa shape index (κ3) is 1.77. The minimum Gasteiger partial charge on any atom is -0.382 e. The Balaban J connectivity index is 2.34. The predicted octanol–water partition coefficient (Wildman–Crippen LogP) is 0.685. The molecule has 1 aromatic rings. The lowest BCUT2D eigenvalue weighted by atomic mass is 10.3. The van der Waals surface area contributed by atoms with Crippen LogP contribution in [-0.4, -0.2) is 30.4 Å². The molecule has 82 valence electrons. The summed E-state index contributed by atoms with van der Waals surface area (Å²) in [7, 11) is 1.60. The highest BCUT2D eigenvalue weighted by molar-refractivity contribution is 7.11. The van der Waals surface area contributed by atoms with Gasteiger partial charge in [-0.2, -0.15) is 4.37 Å². The van der Waals surface area contributed by atoms with Gasteiger partial charge in [0.05, 0.1) is 0 Å². The van der Waals surface area contributed by atoms with Crippen LogP contribution in [0.2, 0.25) is 0 Å². The van der Waals surface area contributed by atoms with Crippen LogP contribution in [0.1, 0.15) is 23.2 Å². The average Bonchev–Trinajstić information content (AvgIpc) is 2.85. The van der Waals surface area contributed by atoms with E-state index in [1.54, 1.807) is 7.05 Å². The zero-order valence-corrected chi connectivity index (χ0v) is 9.43. The van der Waals surface area contributed by atoms with Gasteiger partial charge in [0.25, 0.3) is 5.91 Å². The van der Waals surface area contributed by atoms with Crippen molar-refractivity contribution in [2.24, 2.45) is 0 Å². The fraction of sp³-hybridized carbons (Fsp3) is 0.556. The van der Waals surface area contributed by atoms with Gasteiger partial charge in [0.2, 0.25) is 0 Å². The molecule has 1 aliphatic heterocycles. The van der Waals surface area contributed by atoms with Crippen molar-refractivity contribution in [3.05, 3.63) is 5.56 Å². The predicted molar refractivity (Wildman–Crippen MR) is 61.4 cm³/mol. The highest BCUT2D eigenvalue weighted by Crippen LogP contribution is 2.32. The zero-order valence-electron chi connectivity index (χ0n) is 8.62. The first kappa shape index (κ1) is 10.2. The fourth-order valence-corrected chi connectivity index (χ4v) is 2.63. The van der Waals surface area contributed by atoms with Crippen molar-refractivity contribution in [2.75, 3.05) is 30.8 Å². The average molecular weight is 226 g/mol. The minimum atomic E-state index is -0.150. The first-order valence-electron chi connectivity index (χ1n) is 4.96. The van der Waals surface area contributed by atoms with E-state index in [9.17, 15) is 4.79 Å². The smallest absolute Gasteiger partial charge is 0.257 e. The molecular weight excluding hydrogens is 212 g/mol. The van der Waals surface area contributed by atoms with Gasteiger partial charge in [0.1, 0.15) is 10.6 Å². The number of carbonyl (C=O) groups excluding carboxylic acids is 1. The summed E-state index contributed by atoms with van der Waals surface area (Å²) in [5.41, 5.74) is 6.23. The van der Waals surface area contributed by atoms with Gasteiger partial charge in [-0.15, -0.1) is 0 Å². The van der Waals surface area contributed by atoms with E-state index < -0.39 is 0 Å². The molecule has 0 spiro atoms. The third-order valence-corrected chi connectivity index (χ3v) is 3.47. The molecule has 0 radical (unpaired) electrons. The van der Waals surface area contributed by atoms with Crippen LogP contribution in [-0.2, 0) is 0 Å². The first-order chi connectivity index (χ1) is 7.24. The van der Waals surface area contributed by atoms with E-state index in [-0.39, 0.29) is 5.91 Å². The highest BCUT2D eigenvalue weighted by Gasteiger charge is 2.24. The van der Waals surface area contributed by atoms with E-state index in [2.05, 4.69) is 14.6 Å². The van der Waals surface area contributed by atoms with Gasteiger partial charge in [0.15, 0.2) is 5.82 Å². The summed E-state index contributed by atoms with van der Waals surface area (Å²) in [6.07, 6.45) is 2.34. The number of hydrogen-bond donors (Lipinski definition) is 2. The van der Waals surface area contributed by atoms with E-state index >= 15 is 0 Å². The molecule has 5 nitrogen and oxygen atoms in total. The van der Waals surface area contributed by atoms with Crippen molar-refractivity contribution in [2.45, 2.75) is 12.8 Å².